The lowest BCUT2D eigenvalue weighted by Crippen LogP contribution is -2.40. The van der Waals surface area contributed by atoms with Gasteiger partial charge in [0.25, 0.3) is 5.91 Å². The Kier molecular flexibility index (Phi) is 4.72. The molecule has 1 aromatic carbocycles. The molecule has 0 aliphatic rings. The Balaban J connectivity index is 2.76. The molecule has 0 atom stereocenters. The lowest BCUT2D eigenvalue weighted by atomic mass is 10.2. The average Bonchev–Trinajstić information content (AvgIpc) is 2.29. The summed E-state index contributed by atoms with van der Waals surface area (Å²) in [5.74, 6) is -0.382. The third kappa shape index (κ3) is 3.19. The number of benzene rings is 1. The first-order valence-corrected chi connectivity index (χ1v) is 5.45. The van der Waals surface area contributed by atoms with E-state index >= 15 is 0 Å². The largest absolute Gasteiger partial charge is 0.398 e. The summed E-state index contributed by atoms with van der Waals surface area (Å²) in [4.78, 5) is 11.6. The number of aliphatic hydroxyl groups excluding tert-OH is 2. The zero-order valence-electron chi connectivity index (χ0n) is 8.48. The molecule has 1 amide bonds. The fourth-order valence-corrected chi connectivity index (χ4v) is 1.35. The van der Waals surface area contributed by atoms with Crippen molar-refractivity contribution >= 4 is 27.5 Å². The molecule has 0 spiro atoms. The Labute approximate surface area is 101 Å². The molecule has 1 rings (SSSR count). The summed E-state index contributed by atoms with van der Waals surface area (Å²) in [5, 5.41) is 20.1. The van der Waals surface area contributed by atoms with Crippen molar-refractivity contribution in [3.8, 4) is 0 Å². The van der Waals surface area contributed by atoms with Crippen LogP contribution in [-0.4, -0.2) is 35.4 Å². The molecule has 88 valence electrons. The maximum Gasteiger partial charge on any atom is 0.251 e. The van der Waals surface area contributed by atoms with E-state index in [0.29, 0.717) is 15.7 Å². The molecule has 0 heterocycles. The van der Waals surface area contributed by atoms with E-state index in [-0.39, 0.29) is 19.1 Å². The van der Waals surface area contributed by atoms with Crippen LogP contribution < -0.4 is 11.1 Å². The second-order valence-electron chi connectivity index (χ2n) is 3.27. The summed E-state index contributed by atoms with van der Waals surface area (Å²) in [6.45, 7) is -0.623. The second-order valence-corrected chi connectivity index (χ2v) is 4.13. The average molecular weight is 289 g/mol. The van der Waals surface area contributed by atoms with Crippen molar-refractivity contribution in [3.63, 3.8) is 0 Å². The number of nitrogens with one attached hydrogen (secondary N) is 1. The van der Waals surface area contributed by atoms with Crippen molar-refractivity contribution in [2.45, 2.75) is 6.04 Å². The van der Waals surface area contributed by atoms with Gasteiger partial charge in [-0.1, -0.05) is 0 Å². The lowest BCUT2D eigenvalue weighted by Gasteiger charge is -2.13. The van der Waals surface area contributed by atoms with Crippen molar-refractivity contribution in [2.75, 3.05) is 18.9 Å². The van der Waals surface area contributed by atoms with Crippen LogP contribution in [0.15, 0.2) is 22.7 Å². The van der Waals surface area contributed by atoms with Gasteiger partial charge in [-0.3, -0.25) is 4.79 Å². The SMILES string of the molecule is Nc1cc(C(=O)NC(CO)CO)ccc1Br. The van der Waals surface area contributed by atoms with E-state index in [1.54, 1.807) is 12.1 Å². The number of halogens is 1. The van der Waals surface area contributed by atoms with E-state index in [0.717, 1.165) is 0 Å². The van der Waals surface area contributed by atoms with Gasteiger partial charge in [0.15, 0.2) is 0 Å². The minimum Gasteiger partial charge on any atom is -0.398 e. The van der Waals surface area contributed by atoms with Gasteiger partial charge in [-0.05, 0) is 34.1 Å². The van der Waals surface area contributed by atoms with E-state index in [4.69, 9.17) is 15.9 Å². The van der Waals surface area contributed by atoms with Gasteiger partial charge in [-0.2, -0.15) is 0 Å². The molecule has 16 heavy (non-hydrogen) atoms. The number of aliphatic hydroxyl groups is 2. The molecule has 0 unspecified atom stereocenters. The maximum atomic E-state index is 11.6. The number of rotatable bonds is 4. The molecule has 0 aromatic heterocycles. The molecule has 5 N–H and O–H groups in total. The Morgan fingerprint density at radius 3 is 2.56 bits per heavy atom. The highest BCUT2D eigenvalue weighted by molar-refractivity contribution is 9.10. The van der Waals surface area contributed by atoms with Crippen LogP contribution in [0, 0.1) is 0 Å². The van der Waals surface area contributed by atoms with Gasteiger partial charge in [0.1, 0.15) is 0 Å². The highest BCUT2D eigenvalue weighted by Crippen LogP contribution is 2.20. The number of amides is 1. The Bertz CT molecular complexity index is 380. The summed E-state index contributed by atoms with van der Waals surface area (Å²) in [6.07, 6.45) is 0. The van der Waals surface area contributed by atoms with Crippen LogP contribution in [0.5, 0.6) is 0 Å². The highest BCUT2D eigenvalue weighted by Gasteiger charge is 2.12. The van der Waals surface area contributed by atoms with Crippen LogP contribution in [0.1, 0.15) is 10.4 Å². The van der Waals surface area contributed by atoms with Crippen LogP contribution >= 0.6 is 15.9 Å². The van der Waals surface area contributed by atoms with Crippen LogP contribution in [-0.2, 0) is 0 Å². The van der Waals surface area contributed by atoms with Crippen molar-refractivity contribution < 1.29 is 15.0 Å². The summed E-state index contributed by atoms with van der Waals surface area (Å²) >= 11 is 3.22. The van der Waals surface area contributed by atoms with Gasteiger partial charge in [0.05, 0.1) is 19.3 Å². The summed E-state index contributed by atoms with van der Waals surface area (Å²) in [5.41, 5.74) is 6.47. The first-order chi connectivity index (χ1) is 7.58. The molecule has 0 bridgehead atoms. The molecule has 0 fully saturated rings. The van der Waals surface area contributed by atoms with Gasteiger partial charge < -0.3 is 21.3 Å². The van der Waals surface area contributed by atoms with E-state index in [1.165, 1.54) is 6.07 Å². The van der Waals surface area contributed by atoms with Gasteiger partial charge in [0, 0.05) is 15.7 Å². The number of carbonyl (C=O) groups excluding carboxylic acids is 1. The van der Waals surface area contributed by atoms with Gasteiger partial charge >= 0.3 is 0 Å². The van der Waals surface area contributed by atoms with Crippen LogP contribution in [0.2, 0.25) is 0 Å². The number of anilines is 1. The molecule has 0 radical (unpaired) electrons. The quantitative estimate of drug-likeness (QED) is 0.592. The van der Waals surface area contributed by atoms with Crippen LogP contribution in [0.25, 0.3) is 0 Å². The third-order valence-corrected chi connectivity index (χ3v) is 2.76. The number of hydrogen-bond donors (Lipinski definition) is 4. The smallest absolute Gasteiger partial charge is 0.251 e. The Hall–Kier alpha value is -1.11. The minimum absolute atomic E-state index is 0.311. The predicted octanol–water partition coefficient (Wildman–Crippen LogP) is 0.114. The first-order valence-electron chi connectivity index (χ1n) is 4.66. The first kappa shape index (κ1) is 13.0. The van der Waals surface area contributed by atoms with E-state index in [9.17, 15) is 4.79 Å². The Morgan fingerprint density at radius 2 is 2.06 bits per heavy atom. The molecular formula is C10H13BrN2O3. The van der Waals surface area contributed by atoms with E-state index in [1.807, 2.05) is 0 Å². The zero-order valence-corrected chi connectivity index (χ0v) is 10.1. The maximum absolute atomic E-state index is 11.6. The lowest BCUT2D eigenvalue weighted by molar-refractivity contribution is 0.0879. The summed E-state index contributed by atoms with van der Waals surface area (Å²) in [7, 11) is 0. The number of nitrogens with two attached hydrogens (primary N) is 1. The number of hydrogen-bond acceptors (Lipinski definition) is 4. The minimum atomic E-state index is -0.655. The summed E-state index contributed by atoms with van der Waals surface area (Å²) < 4.78 is 0.713. The molecule has 0 aliphatic carbocycles. The van der Waals surface area contributed by atoms with Gasteiger partial charge in [-0.25, -0.2) is 0 Å². The number of carbonyl (C=O) groups is 1. The normalized spacial score (nSPS) is 10.5. The number of nitrogen functional groups attached to an aromatic ring is 1. The molecule has 0 aliphatic heterocycles. The van der Waals surface area contributed by atoms with Crippen molar-refractivity contribution in [1.29, 1.82) is 0 Å². The van der Waals surface area contributed by atoms with Gasteiger partial charge in [-0.15, -0.1) is 0 Å². The second kappa shape index (κ2) is 5.83. The van der Waals surface area contributed by atoms with E-state index in [2.05, 4.69) is 21.2 Å². The molecule has 0 saturated heterocycles. The molecule has 6 heteroatoms. The van der Waals surface area contributed by atoms with E-state index < -0.39 is 6.04 Å². The fraction of sp³-hybridized carbons (Fsp3) is 0.300. The van der Waals surface area contributed by atoms with Crippen molar-refractivity contribution in [2.24, 2.45) is 0 Å². The van der Waals surface area contributed by atoms with Crippen molar-refractivity contribution in [3.05, 3.63) is 28.2 Å². The molecule has 1 aromatic rings. The van der Waals surface area contributed by atoms with Gasteiger partial charge in [0.2, 0.25) is 0 Å². The topological polar surface area (TPSA) is 95.6 Å². The Morgan fingerprint density at radius 1 is 1.44 bits per heavy atom. The molecule has 5 nitrogen and oxygen atoms in total. The standard InChI is InChI=1S/C10H13BrN2O3/c11-8-2-1-6(3-9(8)12)10(16)13-7(4-14)5-15/h1-3,7,14-15H,4-5,12H2,(H,13,16). The van der Waals surface area contributed by atoms with Crippen molar-refractivity contribution in [1.82, 2.24) is 5.32 Å². The molecular weight excluding hydrogens is 276 g/mol. The zero-order chi connectivity index (χ0) is 12.1. The molecule has 0 saturated carbocycles. The fourth-order valence-electron chi connectivity index (χ4n) is 1.10. The van der Waals surface area contributed by atoms with Crippen LogP contribution in [0.3, 0.4) is 0 Å². The van der Waals surface area contributed by atoms with Crippen LogP contribution in [0.4, 0.5) is 5.69 Å². The summed E-state index contributed by atoms with van der Waals surface area (Å²) in [6, 6.07) is 4.13. The monoisotopic (exact) mass is 288 g/mol. The predicted molar refractivity (Wildman–Crippen MR) is 64.0 cm³/mol. The highest BCUT2D eigenvalue weighted by atomic mass is 79.9. The third-order valence-electron chi connectivity index (χ3n) is 2.03.